The van der Waals surface area contributed by atoms with E-state index in [9.17, 15) is 14.9 Å². The maximum Gasteiger partial charge on any atom is 0.324 e. The Hall–Kier alpha value is -4.94. The van der Waals surface area contributed by atoms with Gasteiger partial charge in [-0.2, -0.15) is 5.26 Å². The maximum atomic E-state index is 12.8. The minimum atomic E-state index is -0.728. The molecule has 42 heavy (non-hydrogen) atoms. The third kappa shape index (κ3) is 6.35. The number of fused-ring (bicyclic) bond motifs is 1. The van der Waals surface area contributed by atoms with Crippen molar-refractivity contribution in [3.05, 3.63) is 79.1 Å². The molecule has 2 aromatic heterocycles. The Morgan fingerprint density at radius 1 is 1.14 bits per heavy atom. The fourth-order valence-electron chi connectivity index (χ4n) is 4.79. The molecular weight excluding hydrogens is 530 g/mol. The highest BCUT2D eigenvalue weighted by Crippen LogP contribution is 2.37. The highest BCUT2D eigenvalue weighted by Gasteiger charge is 2.23. The summed E-state index contributed by atoms with van der Waals surface area (Å²) >= 11 is 0. The molecular formula is C33H35N5O4. The van der Waals surface area contributed by atoms with Gasteiger partial charge in [0.2, 0.25) is 5.91 Å². The summed E-state index contributed by atoms with van der Waals surface area (Å²) in [5, 5.41) is 10.3. The number of nitriles is 1. The van der Waals surface area contributed by atoms with Gasteiger partial charge >= 0.3 is 5.97 Å². The molecule has 0 saturated heterocycles. The second kappa shape index (κ2) is 12.7. The molecule has 4 rings (SSSR count). The minimum absolute atomic E-state index is 0.251. The van der Waals surface area contributed by atoms with Crippen LogP contribution >= 0.6 is 0 Å². The van der Waals surface area contributed by atoms with Crippen LogP contribution in [0.3, 0.4) is 0 Å². The van der Waals surface area contributed by atoms with Crippen molar-refractivity contribution in [3.63, 3.8) is 0 Å². The Balaban J connectivity index is 1.85. The summed E-state index contributed by atoms with van der Waals surface area (Å²) in [6.07, 6.45) is 4.67. The predicted molar refractivity (Wildman–Crippen MR) is 164 cm³/mol. The molecule has 2 heterocycles. The van der Waals surface area contributed by atoms with Gasteiger partial charge in [0.25, 0.3) is 0 Å². The van der Waals surface area contributed by atoms with Crippen LogP contribution in [0, 0.1) is 17.2 Å². The fourth-order valence-corrected chi connectivity index (χ4v) is 4.79. The van der Waals surface area contributed by atoms with Crippen molar-refractivity contribution in [2.45, 2.75) is 39.5 Å². The molecule has 0 spiro atoms. The third-order valence-corrected chi connectivity index (χ3v) is 7.03. The predicted octanol–water partition coefficient (Wildman–Crippen LogP) is 5.83. The number of aromatic nitrogens is 2. The smallest absolute Gasteiger partial charge is 0.324 e. The van der Waals surface area contributed by atoms with Crippen molar-refractivity contribution in [3.8, 4) is 34.1 Å². The Bertz CT molecular complexity index is 1680. The third-order valence-electron chi connectivity index (χ3n) is 7.03. The number of anilines is 1. The second-order valence-corrected chi connectivity index (χ2v) is 10.5. The van der Waals surface area contributed by atoms with Gasteiger partial charge in [-0.1, -0.05) is 32.6 Å². The number of hydrogen-bond acceptors (Lipinski definition) is 7. The van der Waals surface area contributed by atoms with Gasteiger partial charge in [-0.25, -0.2) is 4.98 Å². The summed E-state index contributed by atoms with van der Waals surface area (Å²) in [7, 11) is 3.23. The van der Waals surface area contributed by atoms with E-state index in [0.717, 1.165) is 27.6 Å². The maximum absolute atomic E-state index is 12.8. The van der Waals surface area contributed by atoms with Gasteiger partial charge in [0.15, 0.2) is 6.23 Å². The van der Waals surface area contributed by atoms with Gasteiger partial charge in [0.05, 0.1) is 18.7 Å². The van der Waals surface area contributed by atoms with Crippen LogP contribution in [-0.2, 0) is 14.3 Å². The van der Waals surface area contributed by atoms with Gasteiger partial charge < -0.3 is 20.1 Å². The van der Waals surface area contributed by atoms with Crippen LogP contribution < -0.4 is 15.4 Å². The molecule has 0 radical (unpaired) electrons. The first-order chi connectivity index (χ1) is 20.1. The number of methoxy groups -OCH3 is 1. The van der Waals surface area contributed by atoms with E-state index in [1.165, 1.54) is 11.0 Å². The standard InChI is InChI=1S/C33H35N5O4/c1-7-31(39)37(5)26-13-24(14-27(16-26)41-6)25-15-28-29(23-10-8-9-22(12-23)17-34)19-38(32(28)36-18-25)21(4)42-33(40)30(35)11-20(2)3/h7-10,12-16,18-21,30H,1,11,35H2,2-6H3/t21?,30-/m0/s1. The Kier molecular flexibility index (Phi) is 9.09. The number of likely N-dealkylation sites (N-methyl/N-ethyl adjacent to an activating group) is 1. The van der Waals surface area contributed by atoms with E-state index >= 15 is 0 Å². The molecule has 9 nitrogen and oxygen atoms in total. The average Bonchev–Trinajstić information content (AvgIpc) is 3.38. The molecule has 0 fully saturated rings. The molecule has 2 atom stereocenters. The van der Waals surface area contributed by atoms with Gasteiger partial charge in [-0.3, -0.25) is 14.2 Å². The molecule has 0 aliphatic heterocycles. The highest BCUT2D eigenvalue weighted by atomic mass is 16.6. The van der Waals surface area contributed by atoms with Crippen molar-refractivity contribution < 1.29 is 19.1 Å². The number of amides is 1. The average molecular weight is 566 g/mol. The number of nitrogens with two attached hydrogens (primary N) is 1. The zero-order valence-corrected chi connectivity index (χ0v) is 24.5. The number of hydrogen-bond donors (Lipinski definition) is 1. The van der Waals surface area contributed by atoms with Crippen LogP contribution in [0.2, 0.25) is 0 Å². The van der Waals surface area contributed by atoms with Crippen LogP contribution in [0.1, 0.15) is 39.0 Å². The van der Waals surface area contributed by atoms with E-state index in [1.807, 2.05) is 50.4 Å². The van der Waals surface area contributed by atoms with Crippen molar-refractivity contribution in [1.82, 2.24) is 9.55 Å². The van der Waals surface area contributed by atoms with Crippen LogP contribution in [-0.4, -0.2) is 41.6 Å². The fraction of sp³-hybridized carbons (Fsp3) is 0.273. The lowest BCUT2D eigenvalue weighted by Gasteiger charge is -2.19. The van der Waals surface area contributed by atoms with E-state index in [2.05, 4.69) is 12.6 Å². The first-order valence-electron chi connectivity index (χ1n) is 13.6. The van der Waals surface area contributed by atoms with Crippen molar-refractivity contribution >= 4 is 28.6 Å². The van der Waals surface area contributed by atoms with Crippen LogP contribution in [0.4, 0.5) is 5.69 Å². The van der Waals surface area contributed by atoms with E-state index in [1.54, 1.807) is 50.0 Å². The Morgan fingerprint density at radius 2 is 1.90 bits per heavy atom. The quantitative estimate of drug-likeness (QED) is 0.189. The van der Waals surface area contributed by atoms with E-state index < -0.39 is 18.2 Å². The number of carbonyl (C=O) groups excluding carboxylic acids is 2. The number of benzene rings is 2. The Morgan fingerprint density at radius 3 is 2.57 bits per heavy atom. The topological polar surface area (TPSA) is 123 Å². The molecule has 2 aromatic carbocycles. The highest BCUT2D eigenvalue weighted by molar-refractivity contribution is 6.01. The summed E-state index contributed by atoms with van der Waals surface area (Å²) < 4.78 is 13.1. The normalized spacial score (nSPS) is 12.4. The number of esters is 1. The molecule has 0 bridgehead atoms. The second-order valence-electron chi connectivity index (χ2n) is 10.5. The van der Waals surface area contributed by atoms with Crippen molar-refractivity contribution in [1.29, 1.82) is 5.26 Å². The van der Waals surface area contributed by atoms with Crippen molar-refractivity contribution in [2.24, 2.45) is 11.7 Å². The number of ether oxygens (including phenoxy) is 2. The van der Waals surface area contributed by atoms with Gasteiger partial charge in [-0.15, -0.1) is 0 Å². The molecule has 9 heteroatoms. The van der Waals surface area contributed by atoms with Crippen molar-refractivity contribution in [2.75, 3.05) is 19.1 Å². The van der Waals surface area contributed by atoms with Crippen LogP contribution in [0.15, 0.2) is 73.6 Å². The van der Waals surface area contributed by atoms with E-state index in [4.69, 9.17) is 20.2 Å². The summed E-state index contributed by atoms with van der Waals surface area (Å²) in [4.78, 5) is 31.3. The summed E-state index contributed by atoms with van der Waals surface area (Å²) in [5.74, 6) is 0.0891. The monoisotopic (exact) mass is 565 g/mol. The lowest BCUT2D eigenvalue weighted by molar-refractivity contribution is -0.154. The molecule has 4 aromatic rings. The molecule has 0 aliphatic rings. The minimum Gasteiger partial charge on any atom is -0.497 e. The molecule has 2 N–H and O–H groups in total. The largest absolute Gasteiger partial charge is 0.497 e. The summed E-state index contributed by atoms with van der Waals surface area (Å²) in [5.41, 5.74) is 11.0. The number of nitrogens with zero attached hydrogens (tertiary/aromatic N) is 4. The molecule has 1 unspecified atom stereocenters. The first kappa shape index (κ1) is 30.0. The molecule has 1 amide bonds. The Labute approximate surface area is 245 Å². The van der Waals surface area contributed by atoms with Gasteiger partial charge in [0.1, 0.15) is 17.4 Å². The lowest BCUT2D eigenvalue weighted by Crippen LogP contribution is -2.34. The van der Waals surface area contributed by atoms with Gasteiger partial charge in [-0.05, 0) is 66.8 Å². The van der Waals surface area contributed by atoms with E-state index in [0.29, 0.717) is 29.1 Å². The zero-order chi connectivity index (χ0) is 30.6. The lowest BCUT2D eigenvalue weighted by atomic mass is 10.0. The number of rotatable bonds is 10. The molecule has 216 valence electrons. The summed E-state index contributed by atoms with van der Waals surface area (Å²) in [6.45, 7) is 9.35. The molecule has 0 aliphatic carbocycles. The van der Waals surface area contributed by atoms with E-state index in [-0.39, 0.29) is 11.8 Å². The summed E-state index contributed by atoms with van der Waals surface area (Å²) in [6, 6.07) is 16.3. The molecule has 0 saturated carbocycles. The SMILES string of the molecule is C=CC(=O)N(C)c1cc(OC)cc(-c2cnc3c(c2)c(-c2cccc(C#N)c2)cn3C(C)OC(=O)[C@@H](N)CC(C)C)c1. The van der Waals surface area contributed by atoms with Gasteiger partial charge in [0, 0.05) is 47.7 Å². The number of pyridine rings is 1. The van der Waals surface area contributed by atoms with Crippen LogP contribution in [0.25, 0.3) is 33.3 Å². The first-order valence-corrected chi connectivity index (χ1v) is 13.6. The zero-order valence-electron chi connectivity index (χ0n) is 24.5. The number of carbonyl (C=O) groups is 2. The van der Waals surface area contributed by atoms with Crippen LogP contribution in [0.5, 0.6) is 5.75 Å².